The summed E-state index contributed by atoms with van der Waals surface area (Å²) < 4.78 is 156. The molecular weight excluding hydrogens is 1360 g/mol. The summed E-state index contributed by atoms with van der Waals surface area (Å²) in [7, 11) is 0. The first-order valence-corrected chi connectivity index (χ1v) is 35.8. The number of aliphatic hydroxyl groups is 3. The number of hydrogen-bond acceptors (Lipinski definition) is 18. The second-order valence-corrected chi connectivity index (χ2v) is 30.1. The number of ether oxygens (including phenoxy) is 12. The van der Waals surface area contributed by atoms with Gasteiger partial charge in [0.25, 0.3) is 0 Å². The van der Waals surface area contributed by atoms with E-state index in [0.717, 1.165) is 38.9 Å². The Hall–Kier alpha value is -7.56. The van der Waals surface area contributed by atoms with Crippen molar-refractivity contribution in [3.63, 3.8) is 0 Å². The highest BCUT2D eigenvalue weighted by Crippen LogP contribution is 2.46. The number of nitrogens with one attached hydrogen (secondary N) is 3. The van der Waals surface area contributed by atoms with Crippen molar-refractivity contribution < 1.29 is 112 Å². The monoisotopic (exact) mass is 1490 g/mol. The van der Waals surface area contributed by atoms with Gasteiger partial charge < -0.3 is 88.1 Å². The average Bonchev–Trinajstić information content (AvgIpc) is 1.64. The Kier molecular flexibility index (Phi) is 24.6. The first-order chi connectivity index (χ1) is 53.3. The van der Waals surface area contributed by atoms with Gasteiger partial charge in [0.15, 0.2) is 23.8 Å². The van der Waals surface area contributed by atoms with E-state index in [1.165, 1.54) is 57.2 Å². The minimum atomic E-state index is -1.34. The Bertz CT molecular complexity index is 4000. The first-order valence-electron chi connectivity index (χ1n) is 39.8. The molecule has 5 aliphatic heterocycles. The van der Waals surface area contributed by atoms with Crippen molar-refractivity contribution in [2.75, 3.05) is 19.6 Å². The van der Waals surface area contributed by atoms with Gasteiger partial charge in [0.05, 0.1) is 29.0 Å². The highest BCUT2D eigenvalue weighted by atomic mass is 19.1. The summed E-state index contributed by atoms with van der Waals surface area (Å²) in [5.74, 6) is -1.63. The Balaban J connectivity index is 0.000000290. The zero-order valence-electron chi connectivity index (χ0n) is 71.0. The van der Waals surface area contributed by atoms with Crippen molar-refractivity contribution in [1.82, 2.24) is 16.0 Å². The molecule has 5 heterocycles. The molecule has 24 heteroatoms. The second-order valence-electron chi connectivity index (χ2n) is 30.1. The molecule has 0 aromatic heterocycles. The number of amides is 3. The van der Waals surface area contributed by atoms with Crippen LogP contribution in [-0.2, 0) is 76.3 Å². The Labute approximate surface area is 626 Å². The van der Waals surface area contributed by atoms with Gasteiger partial charge in [-0.25, -0.2) is 13.2 Å². The highest BCUT2D eigenvalue weighted by Gasteiger charge is 2.61. The fraction of sp³-hybridized carbons (Fsp3) is 0.519. The lowest BCUT2D eigenvalue weighted by atomic mass is 9.89. The lowest BCUT2D eigenvalue weighted by Crippen LogP contribution is -2.64. The van der Waals surface area contributed by atoms with Crippen LogP contribution in [0.3, 0.4) is 0 Å². The Morgan fingerprint density at radius 1 is 0.429 bits per heavy atom. The van der Waals surface area contributed by atoms with Crippen LogP contribution in [0.5, 0.6) is 17.2 Å². The van der Waals surface area contributed by atoms with Crippen LogP contribution >= 0.6 is 0 Å². The van der Waals surface area contributed by atoms with E-state index >= 15 is 0 Å². The number of aliphatic hydroxyl groups excluding tert-OH is 3. The van der Waals surface area contributed by atoms with E-state index in [2.05, 4.69) is 16.0 Å². The summed E-state index contributed by atoms with van der Waals surface area (Å²) in [6.07, 6.45) is -7.85. The molecule has 6 aromatic carbocycles. The van der Waals surface area contributed by atoms with Gasteiger partial charge >= 0.3 is 0 Å². The largest absolute Gasteiger partial charge is 0.462 e. The Morgan fingerprint density at radius 2 is 0.752 bits per heavy atom. The van der Waals surface area contributed by atoms with Crippen LogP contribution < -0.4 is 30.2 Å². The molecule has 5 aliphatic rings. The van der Waals surface area contributed by atoms with Crippen molar-refractivity contribution in [2.45, 2.75) is 251 Å². The SMILES string of the molecule is CC(=O)NCCc1ccc(O[C@@H]2OC(C)(C)[C@H](O)[C@H]3OC(C)(C)O[C@@H]23)cc1-c1cccc(F)c1.CC(=O)NCCc1ccc(O[C@@H]2OC(C)(C)[C@H](OC(C)C)[C@@H](O)[C@H]2O)cc1-c1cccc(F)c1.CC(=O)NCCc1ccc(O[C@@H]2OC(C)(C)[C@H](OC(C)C)[C@H]3OC(C)(C)O[C@@H]23)cc1-c1cccc(F)c1.[3H][3H].[3H][3H].[3H][3H].[3H][3H]. The molecule has 12 atom stereocenters. The third-order valence-electron chi connectivity index (χ3n) is 18.3. The number of carbonyl (C=O) groups excluding carboxylic acids is 3. The zero-order chi connectivity index (χ0) is 84.7. The standard InChI is InChI=1S/C29H38FNO6.C26H32FNO6.C26H34FNO6.4H2/c1-17(2)33-26-24-25(36-29(6,7)35-24)27(37-28(26,4)5)34-22-12-11-19(13-14-31-18(3)32)23(16-22)20-9-8-10-21(30)15-20;1-15(29)28-12-11-16-9-10-19(14-20(16)17-7-6-8-18(27)13-17)31-24-22-21(32-26(4,5)33-22)23(30)25(2,3)34-24;1-15(2)32-24-22(30)23(31)25(34-26(24,4)5)33-20-10-9-17(11-12-28-16(3)29)21(14-20)18-7-6-8-19(27)13-18;;;;/h8-12,15-17,24-27H,13-14H2,1-7H3,(H,31,32);6-10,13-14,21-24,30H,11-12H2,1-5H3,(H,28,29);6-10,13-15,22-25,30-31H,11-12H2,1-5H3,(H,28,29);4*1H/t24-,25+,26+,27+;21-,22+,23+,24+;22-,23+,24+,25+;;;;/m000..../s1/i;;;4*1+2T. The van der Waals surface area contributed by atoms with Gasteiger partial charge in [0.2, 0.25) is 36.6 Å². The predicted molar refractivity (Wildman–Crippen MR) is 396 cm³/mol. The summed E-state index contributed by atoms with van der Waals surface area (Å²) in [5, 5.41) is 40.5. The number of benzene rings is 6. The van der Waals surface area contributed by atoms with Crippen LogP contribution in [0.15, 0.2) is 127 Å². The maximum Gasteiger partial charge on any atom is 0.229 e. The third-order valence-corrected chi connectivity index (χ3v) is 18.3. The number of rotatable bonds is 22. The minimum Gasteiger partial charge on any atom is -0.462 e. The minimum absolute atomic E-state index is 0.0165. The quantitative estimate of drug-likeness (QED) is 0.0369. The fourth-order valence-corrected chi connectivity index (χ4v) is 13.6. The maximum atomic E-state index is 14.1. The van der Waals surface area contributed by atoms with Gasteiger partial charge in [-0.15, -0.1) is 0 Å². The van der Waals surface area contributed by atoms with Gasteiger partial charge in [0, 0.05) is 52.3 Å². The van der Waals surface area contributed by atoms with Crippen LogP contribution in [-0.4, -0.2) is 167 Å². The van der Waals surface area contributed by atoms with Crippen molar-refractivity contribution in [3.05, 3.63) is 162 Å². The molecule has 0 saturated carbocycles. The predicted octanol–water partition coefficient (Wildman–Crippen LogP) is 12.7. The van der Waals surface area contributed by atoms with E-state index in [4.69, 9.17) is 68.7 Å². The van der Waals surface area contributed by atoms with Crippen molar-refractivity contribution in [2.24, 2.45) is 0 Å². The molecule has 0 unspecified atom stereocenters. The average molecular weight is 1490 g/mol. The van der Waals surface area contributed by atoms with E-state index in [-0.39, 0.29) is 59.6 Å². The summed E-state index contributed by atoms with van der Waals surface area (Å²) >= 11 is 0. The van der Waals surface area contributed by atoms with Crippen LogP contribution in [0.2, 0.25) is 0 Å². The van der Waals surface area contributed by atoms with Crippen LogP contribution in [0.1, 0.15) is 146 Å². The van der Waals surface area contributed by atoms with Crippen LogP contribution in [0.4, 0.5) is 13.2 Å². The molecule has 6 aromatic rings. The highest BCUT2D eigenvalue weighted by molar-refractivity contribution is 5.75. The molecule has 0 spiro atoms. The smallest absolute Gasteiger partial charge is 0.229 e. The van der Waals surface area contributed by atoms with E-state index in [1.807, 2.05) is 110 Å². The summed E-state index contributed by atoms with van der Waals surface area (Å²) in [4.78, 5) is 33.9. The maximum absolute atomic E-state index is 14.1. The molecular formula is C81H112F3N3O18. The first kappa shape index (κ1) is 75.7. The summed E-state index contributed by atoms with van der Waals surface area (Å²) in [5.41, 5.74) is 4.65. The van der Waals surface area contributed by atoms with Crippen molar-refractivity contribution >= 4 is 17.7 Å². The van der Waals surface area contributed by atoms with E-state index in [0.29, 0.717) is 67.3 Å². The normalized spacial score (nSPS) is 26.1. The molecule has 0 aliphatic carbocycles. The van der Waals surface area contributed by atoms with Crippen molar-refractivity contribution in [1.29, 1.82) is 0 Å². The van der Waals surface area contributed by atoms with Gasteiger partial charge in [-0.1, -0.05) is 54.6 Å². The number of halogens is 3. The molecule has 6 N–H and O–H groups in total. The summed E-state index contributed by atoms with van der Waals surface area (Å²) in [6, 6.07) is 35.5. The molecule has 105 heavy (non-hydrogen) atoms. The van der Waals surface area contributed by atoms with Gasteiger partial charge in [-0.2, -0.15) is 0 Å². The molecule has 11 rings (SSSR count). The van der Waals surface area contributed by atoms with Gasteiger partial charge in [-0.3, -0.25) is 14.4 Å². The number of fused-ring (bicyclic) bond motifs is 2. The van der Waals surface area contributed by atoms with Gasteiger partial charge in [0.1, 0.15) is 77.4 Å². The molecule has 3 amide bonds. The van der Waals surface area contributed by atoms with Crippen molar-refractivity contribution in [3.8, 4) is 50.6 Å². The lowest BCUT2D eigenvalue weighted by molar-refractivity contribution is -0.314. The lowest BCUT2D eigenvalue weighted by Gasteiger charge is -2.47. The molecule has 5 fully saturated rings. The van der Waals surface area contributed by atoms with E-state index in [1.54, 1.807) is 77.9 Å². The summed E-state index contributed by atoms with van der Waals surface area (Å²) in [6.45, 7) is 31.8. The second kappa shape index (κ2) is 34.1. The fourth-order valence-electron chi connectivity index (χ4n) is 13.6. The zero-order valence-corrected chi connectivity index (χ0v) is 63.0. The van der Waals surface area contributed by atoms with Crippen LogP contribution in [0.25, 0.3) is 33.4 Å². The number of carbonyl (C=O) groups is 3. The topological polar surface area (TPSA) is 259 Å². The van der Waals surface area contributed by atoms with Crippen LogP contribution in [0, 0.1) is 17.5 Å². The molecule has 0 bridgehead atoms. The Morgan fingerprint density at radius 3 is 1.12 bits per heavy atom. The van der Waals surface area contributed by atoms with E-state index in [9.17, 15) is 42.9 Å². The third kappa shape index (κ3) is 21.4. The van der Waals surface area contributed by atoms with Gasteiger partial charge in [-0.05, 0) is 239 Å². The molecule has 5 saturated heterocycles. The van der Waals surface area contributed by atoms with E-state index < -0.39 is 90.0 Å². The number of hydrogen-bond donors (Lipinski definition) is 6. The molecule has 580 valence electrons. The molecule has 21 nitrogen and oxygen atoms in total. The molecule has 0 radical (unpaired) electrons.